The lowest BCUT2D eigenvalue weighted by Gasteiger charge is -2.22. The molecule has 0 spiro atoms. The summed E-state index contributed by atoms with van der Waals surface area (Å²) in [6, 6.07) is 15.9. The van der Waals surface area contributed by atoms with Gasteiger partial charge in [0.05, 0.1) is 16.7 Å². The van der Waals surface area contributed by atoms with Gasteiger partial charge in [0.15, 0.2) is 5.16 Å². The molecule has 2 aliphatic rings. The van der Waals surface area contributed by atoms with Crippen molar-refractivity contribution in [2.75, 3.05) is 10.7 Å². The minimum atomic E-state index is 0.00272. The van der Waals surface area contributed by atoms with Crippen LogP contribution in [-0.4, -0.2) is 27.3 Å². The molecule has 0 unspecified atom stereocenters. The molecule has 1 saturated carbocycles. The predicted molar refractivity (Wildman–Crippen MR) is 112 cm³/mol. The summed E-state index contributed by atoms with van der Waals surface area (Å²) in [7, 11) is 0. The van der Waals surface area contributed by atoms with Gasteiger partial charge in [0.2, 0.25) is 5.91 Å². The summed E-state index contributed by atoms with van der Waals surface area (Å²) >= 11 is 1.38. The maximum atomic E-state index is 13.0. The second-order valence-electron chi connectivity index (χ2n) is 7.55. The number of benzene rings is 2. The predicted octanol–water partition coefficient (Wildman–Crippen LogP) is 3.80. The number of carbonyl (C=O) groups is 1. The van der Waals surface area contributed by atoms with Gasteiger partial charge in [0, 0.05) is 17.8 Å². The van der Waals surface area contributed by atoms with Crippen LogP contribution in [0.15, 0.2) is 58.5 Å². The lowest BCUT2D eigenvalue weighted by atomic mass is 10.1. The first-order valence-electron chi connectivity index (χ1n) is 9.67. The van der Waals surface area contributed by atoms with Crippen molar-refractivity contribution in [3.63, 3.8) is 0 Å². The van der Waals surface area contributed by atoms with Crippen molar-refractivity contribution in [1.82, 2.24) is 9.55 Å². The largest absolute Gasteiger partial charge is 0.308 e. The quantitative estimate of drug-likeness (QED) is 0.501. The number of nitrogens with zero attached hydrogens (tertiary/aromatic N) is 3. The zero-order chi connectivity index (χ0) is 19.3. The first kappa shape index (κ1) is 17.5. The van der Waals surface area contributed by atoms with Crippen LogP contribution in [0.25, 0.3) is 10.9 Å². The third-order valence-electron chi connectivity index (χ3n) is 5.49. The van der Waals surface area contributed by atoms with Crippen molar-refractivity contribution >= 4 is 34.3 Å². The molecule has 0 radical (unpaired) electrons. The van der Waals surface area contributed by atoms with Gasteiger partial charge in [0.25, 0.3) is 5.56 Å². The van der Waals surface area contributed by atoms with Crippen molar-refractivity contribution < 1.29 is 4.79 Å². The topological polar surface area (TPSA) is 55.2 Å². The van der Waals surface area contributed by atoms with E-state index in [4.69, 9.17) is 4.98 Å². The SMILES string of the molecule is C[C@H]1Cc2ccccc2N1C(=O)CSc1nc2ccccc2c(=O)n1C1CC1. The van der Waals surface area contributed by atoms with E-state index in [1.807, 2.05) is 47.4 Å². The molecule has 6 heteroatoms. The maximum Gasteiger partial charge on any atom is 0.262 e. The Balaban J connectivity index is 1.44. The summed E-state index contributed by atoms with van der Waals surface area (Å²) in [6.45, 7) is 2.08. The number of aromatic nitrogens is 2. The van der Waals surface area contributed by atoms with Gasteiger partial charge in [-0.25, -0.2) is 4.98 Å². The molecule has 0 saturated heterocycles. The van der Waals surface area contributed by atoms with Gasteiger partial charge in [-0.05, 0) is 49.9 Å². The van der Waals surface area contributed by atoms with Crippen LogP contribution in [-0.2, 0) is 11.2 Å². The molecule has 1 amide bonds. The van der Waals surface area contributed by atoms with Crippen LogP contribution >= 0.6 is 11.8 Å². The fraction of sp³-hybridized carbons (Fsp3) is 0.318. The second-order valence-corrected chi connectivity index (χ2v) is 8.49. The highest BCUT2D eigenvalue weighted by atomic mass is 32.2. The van der Waals surface area contributed by atoms with E-state index in [1.165, 1.54) is 17.3 Å². The molecule has 1 fully saturated rings. The van der Waals surface area contributed by atoms with Gasteiger partial charge >= 0.3 is 0 Å². The van der Waals surface area contributed by atoms with E-state index >= 15 is 0 Å². The number of para-hydroxylation sites is 2. The smallest absolute Gasteiger partial charge is 0.262 e. The fourth-order valence-corrected chi connectivity index (χ4v) is 4.95. The molecule has 142 valence electrons. The van der Waals surface area contributed by atoms with Crippen LogP contribution in [0, 0.1) is 0 Å². The molecule has 28 heavy (non-hydrogen) atoms. The number of amides is 1. The molecule has 2 heterocycles. The van der Waals surface area contributed by atoms with Gasteiger partial charge in [-0.15, -0.1) is 0 Å². The number of hydrogen-bond acceptors (Lipinski definition) is 4. The summed E-state index contributed by atoms with van der Waals surface area (Å²) in [5, 5.41) is 1.30. The van der Waals surface area contributed by atoms with E-state index in [0.717, 1.165) is 24.9 Å². The standard InChI is InChI=1S/C22H21N3O2S/c1-14-12-15-6-2-5-9-19(15)24(14)20(26)13-28-22-23-18-8-4-3-7-17(18)21(27)25(22)16-10-11-16/h2-9,14,16H,10-13H2,1H3/t14-/m0/s1. The summed E-state index contributed by atoms with van der Waals surface area (Å²) in [5.74, 6) is 0.336. The first-order chi connectivity index (χ1) is 13.6. The third kappa shape index (κ3) is 2.92. The molecule has 3 aromatic rings. The van der Waals surface area contributed by atoms with E-state index in [-0.39, 0.29) is 29.3 Å². The number of hydrogen-bond donors (Lipinski definition) is 0. The second kappa shape index (κ2) is 6.78. The third-order valence-corrected chi connectivity index (χ3v) is 6.43. The lowest BCUT2D eigenvalue weighted by Crippen LogP contribution is -2.37. The van der Waals surface area contributed by atoms with E-state index in [2.05, 4.69) is 13.0 Å². The Morgan fingerprint density at radius 1 is 1.14 bits per heavy atom. The summed E-state index contributed by atoms with van der Waals surface area (Å²) < 4.78 is 1.79. The van der Waals surface area contributed by atoms with Gasteiger partial charge in [0.1, 0.15) is 0 Å². The van der Waals surface area contributed by atoms with Crippen molar-refractivity contribution in [3.05, 3.63) is 64.4 Å². The van der Waals surface area contributed by atoms with Crippen molar-refractivity contribution in [3.8, 4) is 0 Å². The summed E-state index contributed by atoms with van der Waals surface area (Å²) in [4.78, 5) is 32.6. The molecule has 5 rings (SSSR count). The average molecular weight is 391 g/mol. The Kier molecular flexibility index (Phi) is 4.23. The molecule has 1 atom stereocenters. The maximum absolute atomic E-state index is 13.0. The molecule has 0 bridgehead atoms. The number of anilines is 1. The zero-order valence-corrected chi connectivity index (χ0v) is 16.5. The fourth-order valence-electron chi connectivity index (χ4n) is 4.02. The number of thioether (sulfide) groups is 1. The highest BCUT2D eigenvalue weighted by Crippen LogP contribution is 2.37. The van der Waals surface area contributed by atoms with E-state index in [9.17, 15) is 9.59 Å². The van der Waals surface area contributed by atoms with E-state index < -0.39 is 0 Å². The minimum Gasteiger partial charge on any atom is -0.308 e. The minimum absolute atomic E-state index is 0.00272. The van der Waals surface area contributed by atoms with Crippen molar-refractivity contribution in [2.24, 2.45) is 0 Å². The van der Waals surface area contributed by atoms with Crippen LogP contribution in [0.2, 0.25) is 0 Å². The number of fused-ring (bicyclic) bond motifs is 2. The Morgan fingerprint density at radius 3 is 2.71 bits per heavy atom. The molecular weight excluding hydrogens is 370 g/mol. The summed E-state index contributed by atoms with van der Waals surface area (Å²) in [6.07, 6.45) is 2.88. The Morgan fingerprint density at radius 2 is 1.89 bits per heavy atom. The van der Waals surface area contributed by atoms with E-state index in [1.54, 1.807) is 4.57 Å². The molecular formula is C22H21N3O2S. The van der Waals surface area contributed by atoms with Crippen LogP contribution < -0.4 is 10.5 Å². The van der Waals surface area contributed by atoms with Crippen LogP contribution in [0.4, 0.5) is 5.69 Å². The molecule has 1 aliphatic carbocycles. The van der Waals surface area contributed by atoms with Crippen molar-refractivity contribution in [1.29, 1.82) is 0 Å². The molecule has 5 nitrogen and oxygen atoms in total. The highest BCUT2D eigenvalue weighted by molar-refractivity contribution is 7.99. The van der Waals surface area contributed by atoms with Gasteiger partial charge in [-0.2, -0.15) is 0 Å². The Hall–Kier alpha value is -2.60. The van der Waals surface area contributed by atoms with Gasteiger partial charge < -0.3 is 4.90 Å². The van der Waals surface area contributed by atoms with Gasteiger partial charge in [-0.1, -0.05) is 42.1 Å². The lowest BCUT2D eigenvalue weighted by molar-refractivity contribution is -0.116. The first-order valence-corrected chi connectivity index (χ1v) is 10.7. The number of carbonyl (C=O) groups excluding carboxylic acids is 1. The molecule has 0 N–H and O–H groups in total. The monoisotopic (exact) mass is 391 g/mol. The molecule has 2 aromatic carbocycles. The average Bonchev–Trinajstić information content (AvgIpc) is 3.47. The molecule has 1 aliphatic heterocycles. The molecule has 1 aromatic heterocycles. The highest BCUT2D eigenvalue weighted by Gasteiger charge is 2.32. The number of rotatable bonds is 4. The van der Waals surface area contributed by atoms with Crippen LogP contribution in [0.3, 0.4) is 0 Å². The van der Waals surface area contributed by atoms with Crippen LogP contribution in [0.5, 0.6) is 0 Å². The van der Waals surface area contributed by atoms with Gasteiger partial charge in [-0.3, -0.25) is 14.2 Å². The Bertz CT molecular complexity index is 1140. The zero-order valence-electron chi connectivity index (χ0n) is 15.7. The van der Waals surface area contributed by atoms with Crippen molar-refractivity contribution in [2.45, 2.75) is 43.4 Å². The van der Waals surface area contributed by atoms with Crippen LogP contribution in [0.1, 0.15) is 31.4 Å². The normalized spacial score (nSPS) is 18.5. The Labute approximate surface area is 167 Å². The summed E-state index contributed by atoms with van der Waals surface area (Å²) in [5.41, 5.74) is 2.92. The van der Waals surface area contributed by atoms with E-state index in [0.29, 0.717) is 16.1 Å².